The van der Waals surface area contributed by atoms with E-state index in [0.717, 1.165) is 34.4 Å². The molecule has 0 saturated heterocycles. The van der Waals surface area contributed by atoms with Crippen LogP contribution < -0.4 is 16.3 Å². The molecule has 2 aromatic rings. The molecule has 0 fully saturated rings. The first-order chi connectivity index (χ1) is 9.63. The smallest absolute Gasteiger partial charge is 0.339 e. The van der Waals surface area contributed by atoms with Crippen molar-refractivity contribution in [3.05, 3.63) is 50.0 Å². The molecule has 0 unspecified atom stereocenters. The maximum absolute atomic E-state index is 11.7. The van der Waals surface area contributed by atoms with Gasteiger partial charge in [-0.2, -0.15) is 4.98 Å². The van der Waals surface area contributed by atoms with Crippen LogP contribution in [0.2, 0.25) is 0 Å². The second-order valence-corrected chi connectivity index (χ2v) is 5.74. The molecule has 0 radical (unpaired) electrons. The van der Waals surface area contributed by atoms with E-state index in [1.54, 1.807) is 0 Å². The summed E-state index contributed by atoms with van der Waals surface area (Å²) in [5.74, 6) is 0.625. The molecule has 0 bridgehead atoms. The number of H-pyrrole nitrogens is 1. The fourth-order valence-electron chi connectivity index (χ4n) is 2.33. The molecular weight excluding hydrogens is 320 g/mol. The summed E-state index contributed by atoms with van der Waals surface area (Å²) in [5, 5.41) is 6.55. The van der Waals surface area contributed by atoms with E-state index in [4.69, 9.17) is 0 Å². The molecule has 1 aliphatic heterocycles. The number of nitrogens with one attached hydrogen (secondary N) is 3. The van der Waals surface area contributed by atoms with Crippen molar-refractivity contribution in [2.75, 3.05) is 11.9 Å². The average Bonchev–Trinajstić information content (AvgIpc) is 2.41. The number of rotatable bonds is 2. The first-order valence-electron chi connectivity index (χ1n) is 6.49. The minimum atomic E-state index is -0.309. The van der Waals surface area contributed by atoms with Gasteiger partial charge in [0.1, 0.15) is 5.82 Å². The molecule has 3 N–H and O–H groups in total. The Bertz CT molecular complexity index is 711. The number of hydrogen-bond acceptors (Lipinski definition) is 4. The lowest BCUT2D eigenvalue weighted by atomic mass is 10.1. The number of aromatic nitrogens is 2. The highest BCUT2D eigenvalue weighted by Crippen LogP contribution is 2.28. The van der Waals surface area contributed by atoms with Gasteiger partial charge in [0.2, 0.25) is 0 Å². The third-order valence-corrected chi connectivity index (χ3v) is 4.01. The van der Waals surface area contributed by atoms with Crippen LogP contribution in [0, 0.1) is 6.92 Å². The average molecular weight is 335 g/mol. The maximum atomic E-state index is 11.7. The molecule has 20 heavy (non-hydrogen) atoms. The zero-order chi connectivity index (χ0) is 14.1. The predicted molar refractivity (Wildman–Crippen MR) is 82.4 cm³/mol. The van der Waals surface area contributed by atoms with Crippen molar-refractivity contribution in [1.29, 1.82) is 0 Å². The fraction of sp³-hybridized carbons (Fsp3) is 0.286. The van der Waals surface area contributed by atoms with Crippen LogP contribution in [0.4, 0.5) is 11.5 Å². The first-order valence-corrected chi connectivity index (χ1v) is 7.29. The van der Waals surface area contributed by atoms with E-state index in [2.05, 4.69) is 36.5 Å². The summed E-state index contributed by atoms with van der Waals surface area (Å²) < 4.78 is 0.956. The largest absolute Gasteiger partial charge is 0.347 e. The molecule has 0 spiro atoms. The highest BCUT2D eigenvalue weighted by Gasteiger charge is 2.16. The van der Waals surface area contributed by atoms with Gasteiger partial charge in [0.25, 0.3) is 0 Å². The zero-order valence-electron chi connectivity index (χ0n) is 11.1. The summed E-state index contributed by atoms with van der Waals surface area (Å²) >= 11 is 3.53. The quantitative estimate of drug-likeness (QED) is 0.787. The molecular formula is C14H15BrN4O. The van der Waals surface area contributed by atoms with Gasteiger partial charge in [-0.1, -0.05) is 6.07 Å². The fourth-order valence-corrected chi connectivity index (χ4v) is 2.92. The summed E-state index contributed by atoms with van der Waals surface area (Å²) in [6, 6.07) is 6.02. The Morgan fingerprint density at radius 3 is 3.05 bits per heavy atom. The second kappa shape index (κ2) is 5.38. The number of anilines is 2. The molecule has 6 heteroatoms. The van der Waals surface area contributed by atoms with Crippen LogP contribution in [0.25, 0.3) is 0 Å². The lowest BCUT2D eigenvalue weighted by molar-refractivity contribution is 0.624. The van der Waals surface area contributed by atoms with Gasteiger partial charge in [0.15, 0.2) is 0 Å². The van der Waals surface area contributed by atoms with Gasteiger partial charge in [0.05, 0.1) is 5.69 Å². The van der Waals surface area contributed by atoms with Gasteiger partial charge in [-0.05, 0) is 40.5 Å². The Kier molecular flexibility index (Phi) is 3.58. The summed E-state index contributed by atoms with van der Waals surface area (Å²) in [5.41, 5.74) is 3.76. The lowest BCUT2D eigenvalue weighted by Crippen LogP contribution is -2.29. The van der Waals surface area contributed by atoms with Gasteiger partial charge in [-0.25, -0.2) is 4.79 Å². The third-order valence-electron chi connectivity index (χ3n) is 3.35. The molecule has 3 rings (SSSR count). The van der Waals surface area contributed by atoms with Crippen molar-refractivity contribution in [2.24, 2.45) is 0 Å². The van der Waals surface area contributed by atoms with Crippen LogP contribution in [0.1, 0.15) is 16.8 Å². The molecule has 1 aliphatic rings. The Morgan fingerprint density at radius 1 is 1.40 bits per heavy atom. The topological polar surface area (TPSA) is 69.8 Å². The molecule has 5 nitrogen and oxygen atoms in total. The predicted octanol–water partition coefficient (Wildman–Crippen LogP) is 2.23. The normalized spacial score (nSPS) is 13.9. The van der Waals surface area contributed by atoms with Crippen LogP contribution in [0.15, 0.2) is 27.5 Å². The highest BCUT2D eigenvalue weighted by atomic mass is 79.9. The third kappa shape index (κ3) is 2.62. The summed E-state index contributed by atoms with van der Waals surface area (Å²) in [7, 11) is 0. The van der Waals surface area contributed by atoms with Crippen LogP contribution in [0.3, 0.4) is 0 Å². The van der Waals surface area contributed by atoms with E-state index in [1.807, 2.05) is 25.1 Å². The lowest BCUT2D eigenvalue weighted by Gasteiger charge is -2.20. The van der Waals surface area contributed by atoms with E-state index >= 15 is 0 Å². The zero-order valence-corrected chi connectivity index (χ0v) is 12.7. The van der Waals surface area contributed by atoms with E-state index in [1.165, 1.54) is 5.56 Å². The number of benzene rings is 1. The van der Waals surface area contributed by atoms with Gasteiger partial charge in [-0.15, -0.1) is 0 Å². The van der Waals surface area contributed by atoms with Crippen LogP contribution in [-0.4, -0.2) is 16.5 Å². The first kappa shape index (κ1) is 13.3. The van der Waals surface area contributed by atoms with E-state index < -0.39 is 0 Å². The van der Waals surface area contributed by atoms with Crippen LogP contribution >= 0.6 is 15.9 Å². The van der Waals surface area contributed by atoms with Gasteiger partial charge in [-0.3, -0.25) is 0 Å². The van der Waals surface area contributed by atoms with Crippen molar-refractivity contribution in [1.82, 2.24) is 15.3 Å². The molecule has 0 aliphatic carbocycles. The summed E-state index contributed by atoms with van der Waals surface area (Å²) in [6.45, 7) is 3.62. The Hall–Kier alpha value is -1.66. The minimum Gasteiger partial charge on any atom is -0.339 e. The monoisotopic (exact) mass is 334 g/mol. The van der Waals surface area contributed by atoms with Gasteiger partial charge in [0, 0.05) is 35.2 Å². The Morgan fingerprint density at radius 2 is 2.25 bits per heavy atom. The number of hydrogen-bond donors (Lipinski definition) is 3. The SMILES string of the molecule is Cc1ccc(Nc2nc(=O)[nH]c3c2CNCC3)c(Br)c1. The number of fused-ring (bicyclic) bond motifs is 1. The molecule has 0 atom stereocenters. The van der Waals surface area contributed by atoms with E-state index in [9.17, 15) is 4.79 Å². The number of aryl methyl sites for hydroxylation is 1. The van der Waals surface area contributed by atoms with E-state index in [0.29, 0.717) is 12.4 Å². The van der Waals surface area contributed by atoms with Crippen molar-refractivity contribution in [2.45, 2.75) is 19.9 Å². The molecule has 2 heterocycles. The van der Waals surface area contributed by atoms with Crippen molar-refractivity contribution in [3.63, 3.8) is 0 Å². The molecule has 104 valence electrons. The van der Waals surface area contributed by atoms with Crippen molar-refractivity contribution in [3.8, 4) is 0 Å². The highest BCUT2D eigenvalue weighted by molar-refractivity contribution is 9.10. The van der Waals surface area contributed by atoms with Crippen molar-refractivity contribution < 1.29 is 0 Å². The van der Waals surface area contributed by atoms with Crippen molar-refractivity contribution >= 4 is 27.4 Å². The van der Waals surface area contributed by atoms with Crippen LogP contribution in [-0.2, 0) is 13.0 Å². The second-order valence-electron chi connectivity index (χ2n) is 4.88. The minimum absolute atomic E-state index is 0.309. The molecule has 1 aromatic carbocycles. The number of aromatic amines is 1. The molecule has 0 amide bonds. The number of nitrogens with zero attached hydrogens (tertiary/aromatic N) is 1. The summed E-state index contributed by atoms with van der Waals surface area (Å²) in [4.78, 5) is 18.5. The standard InChI is InChI=1S/C14H15BrN4O/c1-8-2-3-12(10(15)6-8)17-13-9-7-16-5-4-11(9)18-14(20)19-13/h2-3,6,16H,4-5,7H2,1H3,(H2,17,18,19,20). The van der Waals surface area contributed by atoms with E-state index in [-0.39, 0.29) is 5.69 Å². The van der Waals surface area contributed by atoms with Gasteiger partial charge < -0.3 is 15.6 Å². The molecule has 0 saturated carbocycles. The maximum Gasteiger partial charge on any atom is 0.347 e. The number of halogens is 1. The van der Waals surface area contributed by atoms with Gasteiger partial charge >= 0.3 is 5.69 Å². The summed E-state index contributed by atoms with van der Waals surface area (Å²) in [6.07, 6.45) is 0.816. The Balaban J connectivity index is 2.02. The Labute approximate surface area is 125 Å². The molecule has 1 aromatic heterocycles. The van der Waals surface area contributed by atoms with Crippen LogP contribution in [0.5, 0.6) is 0 Å².